The van der Waals surface area contributed by atoms with Crippen molar-refractivity contribution in [2.24, 2.45) is 0 Å². The van der Waals surface area contributed by atoms with Gasteiger partial charge in [-0.05, 0) is 48.2 Å². The fourth-order valence-corrected chi connectivity index (χ4v) is 6.77. The average molecular weight is 639 g/mol. The van der Waals surface area contributed by atoms with E-state index in [-0.39, 0.29) is 46.9 Å². The van der Waals surface area contributed by atoms with E-state index in [0.717, 1.165) is 17.0 Å². The van der Waals surface area contributed by atoms with Gasteiger partial charge in [0.1, 0.15) is 17.6 Å². The molecule has 0 saturated carbocycles. The molecule has 2 heterocycles. The van der Waals surface area contributed by atoms with E-state index in [1.54, 1.807) is 19.1 Å². The highest BCUT2D eigenvalue weighted by atomic mass is 35.5. The molecule has 10 nitrogen and oxygen atoms in total. The van der Waals surface area contributed by atoms with Crippen LogP contribution in [0.4, 0.5) is 10.7 Å². The summed E-state index contributed by atoms with van der Waals surface area (Å²) in [7, 11) is -4.47. The van der Waals surface area contributed by atoms with Crippen molar-refractivity contribution in [2.75, 3.05) is 43.0 Å². The van der Waals surface area contributed by atoms with Crippen LogP contribution in [0.25, 0.3) is 0 Å². The number of hydrogen-bond acceptors (Lipinski definition) is 10. The molecule has 0 saturated heterocycles. The highest BCUT2D eigenvalue weighted by Gasteiger charge is 2.37. The Kier molecular flexibility index (Phi) is 11.5. The molecule has 2 aromatic heterocycles. The topological polar surface area (TPSA) is 132 Å². The van der Waals surface area contributed by atoms with Gasteiger partial charge in [-0.15, -0.1) is 23.2 Å². The predicted octanol–water partition coefficient (Wildman–Crippen LogP) is 5.36. The number of alkyl halides is 2. The normalized spacial score (nSPS) is 12.2. The first-order valence-electron chi connectivity index (χ1n) is 11.6. The van der Waals surface area contributed by atoms with E-state index in [9.17, 15) is 18.5 Å². The number of thiophene rings is 1. The van der Waals surface area contributed by atoms with Crippen LogP contribution >= 0.6 is 46.1 Å². The zero-order chi connectivity index (χ0) is 28.6. The molecule has 0 spiro atoms. The van der Waals surface area contributed by atoms with Gasteiger partial charge in [-0.1, -0.05) is 22.9 Å². The lowest BCUT2D eigenvalue weighted by atomic mass is 10.0. The van der Waals surface area contributed by atoms with Crippen molar-refractivity contribution < 1.29 is 27.4 Å². The number of ether oxygens (including phenoxy) is 1. The summed E-state index contributed by atoms with van der Waals surface area (Å²) in [6.45, 7) is 2.50. The summed E-state index contributed by atoms with van der Waals surface area (Å²) >= 11 is 19.0. The van der Waals surface area contributed by atoms with E-state index in [0.29, 0.717) is 36.1 Å². The summed E-state index contributed by atoms with van der Waals surface area (Å²) in [5.41, 5.74) is 1.49. The van der Waals surface area contributed by atoms with Crippen LogP contribution in [-0.4, -0.2) is 61.5 Å². The minimum absolute atomic E-state index is 0.00234. The van der Waals surface area contributed by atoms with Crippen LogP contribution in [0.5, 0.6) is 11.6 Å². The molecule has 3 aromatic rings. The van der Waals surface area contributed by atoms with E-state index in [2.05, 4.69) is 4.98 Å². The predicted molar refractivity (Wildman–Crippen MR) is 154 cm³/mol. The second-order valence-corrected chi connectivity index (χ2v) is 11.9. The van der Waals surface area contributed by atoms with Crippen LogP contribution < -0.4 is 13.8 Å². The highest BCUT2D eigenvalue weighted by molar-refractivity contribution is 7.87. The number of nitrogens with zero attached hydrogens (tertiary/aromatic N) is 3. The molecule has 1 aromatic carbocycles. The van der Waals surface area contributed by atoms with E-state index >= 15 is 0 Å². The molecule has 15 heteroatoms. The fraction of sp³-hybridized carbons (Fsp3) is 0.375. The second-order valence-electron chi connectivity index (χ2n) is 8.14. The van der Waals surface area contributed by atoms with Crippen LogP contribution in [0, 0.1) is 17.0 Å². The number of anilines is 1. The zero-order valence-corrected chi connectivity index (χ0v) is 24.7. The maximum absolute atomic E-state index is 13.6. The summed E-state index contributed by atoms with van der Waals surface area (Å²) in [5.74, 6) is 0.961. The number of aliphatic hydroxyl groups excluding tert-OH is 1. The SMILES string of the molecule is Cc1nc(OCCO)cc(Cl)c1CC(c1ccsc1[N+](=O)[O-])S(=O)(=O)Oc1ccc(N(CCCl)CCCl)cc1. The Morgan fingerprint density at radius 3 is 2.41 bits per heavy atom. The van der Waals surface area contributed by atoms with Gasteiger partial charge in [0.15, 0.2) is 0 Å². The van der Waals surface area contributed by atoms with Gasteiger partial charge < -0.3 is 18.9 Å². The Hall–Kier alpha value is -2.35. The number of nitro groups is 1. The summed E-state index contributed by atoms with van der Waals surface area (Å²) in [4.78, 5) is 17.3. The van der Waals surface area contributed by atoms with Crippen LogP contribution in [0.3, 0.4) is 0 Å². The molecule has 212 valence electrons. The first kappa shape index (κ1) is 31.2. The standard InChI is InChI=1S/C24H26Cl3N3O7S2/c1-16-20(21(27)15-23(28-16)36-12-11-31)14-22(19-6-13-38-24(19)30(32)33)39(34,35)37-18-4-2-17(3-5-18)29(9-7-25)10-8-26/h2-6,13,15,22,31H,7-12,14H2,1H3. The molecule has 0 fully saturated rings. The molecule has 1 N–H and O–H groups in total. The van der Waals surface area contributed by atoms with Gasteiger partial charge in [-0.3, -0.25) is 10.1 Å². The zero-order valence-electron chi connectivity index (χ0n) is 20.8. The van der Waals surface area contributed by atoms with Crippen LogP contribution in [0.1, 0.15) is 22.1 Å². The molecule has 0 amide bonds. The highest BCUT2D eigenvalue weighted by Crippen LogP contribution is 2.40. The van der Waals surface area contributed by atoms with E-state index < -0.39 is 20.3 Å². The van der Waals surface area contributed by atoms with Gasteiger partial charge in [-0.25, -0.2) is 4.98 Å². The lowest BCUT2D eigenvalue weighted by molar-refractivity contribution is -0.380. The molecule has 0 radical (unpaired) electrons. The summed E-state index contributed by atoms with van der Waals surface area (Å²) in [6, 6.07) is 9.15. The summed E-state index contributed by atoms with van der Waals surface area (Å²) in [5, 5.41) is 20.5. The molecule has 0 aliphatic carbocycles. The molecule has 0 bridgehead atoms. The van der Waals surface area contributed by atoms with Crippen LogP contribution in [0.2, 0.25) is 5.02 Å². The monoisotopic (exact) mass is 637 g/mol. The third-order valence-corrected chi connectivity index (χ3v) is 8.74. The second kappa shape index (κ2) is 14.3. The Balaban J connectivity index is 1.97. The first-order valence-corrected chi connectivity index (χ1v) is 15.4. The maximum Gasteiger partial charge on any atom is 0.328 e. The molecular formula is C24H26Cl3N3O7S2. The van der Waals surface area contributed by atoms with Gasteiger partial charge in [-0.2, -0.15) is 8.42 Å². The van der Waals surface area contributed by atoms with Gasteiger partial charge in [0.25, 0.3) is 0 Å². The molecule has 39 heavy (non-hydrogen) atoms. The van der Waals surface area contributed by atoms with E-state index in [1.807, 2.05) is 4.90 Å². The lowest BCUT2D eigenvalue weighted by Crippen LogP contribution is -2.27. The van der Waals surface area contributed by atoms with Crippen molar-refractivity contribution in [3.05, 3.63) is 73.7 Å². The minimum atomic E-state index is -4.47. The van der Waals surface area contributed by atoms with Crippen molar-refractivity contribution in [3.63, 3.8) is 0 Å². The molecule has 1 unspecified atom stereocenters. The number of pyridine rings is 1. The van der Waals surface area contributed by atoms with Gasteiger partial charge >= 0.3 is 15.1 Å². The average Bonchev–Trinajstić information content (AvgIpc) is 3.37. The Bertz CT molecular complexity index is 1340. The van der Waals surface area contributed by atoms with Gasteiger partial charge in [0.2, 0.25) is 5.88 Å². The van der Waals surface area contributed by atoms with Crippen LogP contribution in [-0.2, 0) is 16.5 Å². The smallest absolute Gasteiger partial charge is 0.328 e. The van der Waals surface area contributed by atoms with Crippen molar-refractivity contribution in [1.29, 1.82) is 0 Å². The van der Waals surface area contributed by atoms with E-state index in [4.69, 9.17) is 48.8 Å². The largest absolute Gasteiger partial charge is 0.475 e. The minimum Gasteiger partial charge on any atom is -0.475 e. The Labute approximate surface area is 245 Å². The summed E-state index contributed by atoms with van der Waals surface area (Å²) in [6.07, 6.45) is -0.241. The molecular weight excluding hydrogens is 613 g/mol. The molecule has 0 aliphatic rings. The third kappa shape index (κ3) is 8.09. The van der Waals surface area contributed by atoms with Gasteiger partial charge in [0.05, 0.1) is 22.1 Å². The van der Waals surface area contributed by atoms with Gasteiger partial charge in [0, 0.05) is 48.7 Å². The van der Waals surface area contributed by atoms with Crippen molar-refractivity contribution >= 4 is 66.9 Å². The molecule has 0 aliphatic heterocycles. The van der Waals surface area contributed by atoms with E-state index in [1.165, 1.54) is 29.6 Å². The number of aromatic nitrogens is 1. The number of rotatable bonds is 15. The first-order chi connectivity index (χ1) is 18.6. The molecule has 3 rings (SSSR count). The molecule has 1 atom stereocenters. The van der Waals surface area contributed by atoms with Crippen LogP contribution in [0.15, 0.2) is 41.8 Å². The number of benzene rings is 1. The van der Waals surface area contributed by atoms with Crippen molar-refractivity contribution in [3.8, 4) is 11.6 Å². The summed E-state index contributed by atoms with van der Waals surface area (Å²) < 4.78 is 38.0. The van der Waals surface area contributed by atoms with Crippen molar-refractivity contribution in [2.45, 2.75) is 18.6 Å². The van der Waals surface area contributed by atoms with Crippen molar-refractivity contribution in [1.82, 2.24) is 4.98 Å². The Morgan fingerprint density at radius 1 is 1.18 bits per heavy atom. The maximum atomic E-state index is 13.6. The number of aliphatic hydroxyl groups is 1. The number of aryl methyl sites for hydroxylation is 1. The third-order valence-electron chi connectivity index (χ3n) is 5.64. The Morgan fingerprint density at radius 2 is 1.85 bits per heavy atom. The lowest BCUT2D eigenvalue weighted by Gasteiger charge is -2.23. The number of hydrogen-bond donors (Lipinski definition) is 1. The quantitative estimate of drug-likeness (QED) is 0.101. The fourth-order valence-electron chi connectivity index (χ4n) is 3.84. The number of halogens is 3.